The van der Waals surface area contributed by atoms with Crippen molar-refractivity contribution >= 4 is 48.7 Å². The highest BCUT2D eigenvalue weighted by Crippen LogP contribution is 2.31. The predicted octanol–water partition coefficient (Wildman–Crippen LogP) is 0.0621. The van der Waals surface area contributed by atoms with Crippen LogP contribution in [0.15, 0.2) is 62.2 Å². The van der Waals surface area contributed by atoms with Crippen LogP contribution in [0.4, 0.5) is 5.69 Å². The minimum Gasteiger partial charge on any atom is -0.398 e. The number of nitrogens with two attached hydrogens (primary N) is 3. The summed E-state index contributed by atoms with van der Waals surface area (Å²) >= 11 is 6.08. The number of anilines is 1. The zero-order valence-corrected chi connectivity index (χ0v) is 17.2. The molecule has 15 heteroatoms. The fourth-order valence-corrected chi connectivity index (χ4v) is 3.93. The van der Waals surface area contributed by atoms with E-state index in [9.17, 15) is 21.4 Å². The van der Waals surface area contributed by atoms with Crippen LogP contribution >= 0.6 is 11.6 Å². The highest BCUT2D eigenvalue weighted by Gasteiger charge is 2.39. The number of halogens is 1. The SMILES string of the molecule is Nc1cc(C2(N)N=C(c3ccc(S(=O)(=O)O)cc3)N=C(Cl)N2N)ccc1S(=O)(=O)O. The lowest BCUT2D eigenvalue weighted by atomic mass is 10.1. The Morgan fingerprint density at radius 2 is 1.60 bits per heavy atom. The van der Waals surface area contributed by atoms with Gasteiger partial charge in [0.25, 0.3) is 20.2 Å². The van der Waals surface area contributed by atoms with Crippen molar-refractivity contribution in [2.45, 2.75) is 15.6 Å². The van der Waals surface area contributed by atoms with Crippen molar-refractivity contribution in [2.75, 3.05) is 5.73 Å². The fraction of sp³-hybridized carbons (Fsp3) is 0.0667. The summed E-state index contributed by atoms with van der Waals surface area (Å²) in [6.07, 6.45) is 0. The third kappa shape index (κ3) is 4.01. The molecule has 1 aliphatic rings. The number of nitrogen functional groups attached to an aromatic ring is 1. The van der Waals surface area contributed by atoms with Gasteiger partial charge in [0.15, 0.2) is 5.84 Å². The van der Waals surface area contributed by atoms with Crippen LogP contribution in [-0.2, 0) is 26.0 Å². The lowest BCUT2D eigenvalue weighted by Gasteiger charge is -2.37. The average molecular weight is 475 g/mol. The van der Waals surface area contributed by atoms with E-state index in [4.69, 9.17) is 33.5 Å². The molecular weight excluding hydrogens is 460 g/mol. The Morgan fingerprint density at radius 3 is 2.10 bits per heavy atom. The van der Waals surface area contributed by atoms with E-state index in [2.05, 4.69) is 9.98 Å². The molecule has 1 aliphatic heterocycles. The molecule has 3 rings (SSSR count). The molecule has 1 atom stereocenters. The Bertz CT molecular complexity index is 1290. The molecule has 8 N–H and O–H groups in total. The number of benzene rings is 2. The van der Waals surface area contributed by atoms with Gasteiger partial charge < -0.3 is 5.73 Å². The van der Waals surface area contributed by atoms with Gasteiger partial charge in [-0.25, -0.2) is 15.8 Å². The van der Waals surface area contributed by atoms with E-state index in [1.807, 2.05) is 0 Å². The van der Waals surface area contributed by atoms with Crippen molar-refractivity contribution in [3.05, 3.63) is 53.6 Å². The Hall–Kier alpha value is -2.59. The van der Waals surface area contributed by atoms with Crippen molar-refractivity contribution in [1.82, 2.24) is 5.01 Å². The number of hydrazine groups is 1. The number of aliphatic imine (C=N–C) groups is 2. The van der Waals surface area contributed by atoms with E-state index >= 15 is 0 Å². The largest absolute Gasteiger partial charge is 0.398 e. The number of hydrogen-bond acceptors (Lipinski definition) is 10. The molecule has 1 heterocycles. The predicted molar refractivity (Wildman–Crippen MR) is 109 cm³/mol. The lowest BCUT2D eigenvalue weighted by molar-refractivity contribution is 0.192. The summed E-state index contributed by atoms with van der Waals surface area (Å²) in [6, 6.07) is 8.30. The number of hydrogen-bond donors (Lipinski definition) is 5. The minimum atomic E-state index is -4.56. The summed E-state index contributed by atoms with van der Waals surface area (Å²) in [5.74, 6) is 4.00. The van der Waals surface area contributed by atoms with Crippen LogP contribution in [0.5, 0.6) is 0 Å². The summed E-state index contributed by atoms with van der Waals surface area (Å²) in [5, 5.41) is 0.533. The van der Waals surface area contributed by atoms with Crippen LogP contribution in [0.3, 0.4) is 0 Å². The van der Waals surface area contributed by atoms with Crippen LogP contribution in [0.1, 0.15) is 11.1 Å². The zero-order chi connectivity index (χ0) is 22.5. The van der Waals surface area contributed by atoms with Gasteiger partial charge in [-0.05, 0) is 48.0 Å². The quantitative estimate of drug-likeness (QED) is 0.174. The number of nitrogens with zero attached hydrogens (tertiary/aromatic N) is 3. The lowest BCUT2D eigenvalue weighted by Crippen LogP contribution is -2.59. The maximum atomic E-state index is 11.4. The van der Waals surface area contributed by atoms with Gasteiger partial charge in [-0.1, -0.05) is 6.07 Å². The molecule has 12 nitrogen and oxygen atoms in total. The molecule has 0 aromatic heterocycles. The molecular formula is C15H15ClN6O6S2. The van der Waals surface area contributed by atoms with E-state index < -0.39 is 30.9 Å². The number of rotatable bonds is 4. The topological polar surface area (TPSA) is 215 Å². The van der Waals surface area contributed by atoms with E-state index in [1.54, 1.807) is 0 Å². The molecule has 0 aliphatic carbocycles. The van der Waals surface area contributed by atoms with Gasteiger partial charge in [0.2, 0.25) is 11.1 Å². The first-order valence-electron chi connectivity index (χ1n) is 7.87. The average Bonchev–Trinajstić information content (AvgIpc) is 2.64. The Kier molecular flexibility index (Phi) is 5.36. The van der Waals surface area contributed by atoms with Gasteiger partial charge in [-0.2, -0.15) is 21.8 Å². The van der Waals surface area contributed by atoms with Gasteiger partial charge in [0, 0.05) is 11.1 Å². The minimum absolute atomic E-state index is 0.0245. The molecule has 0 amide bonds. The molecule has 160 valence electrons. The van der Waals surface area contributed by atoms with Crippen molar-refractivity contribution in [1.29, 1.82) is 0 Å². The third-order valence-electron chi connectivity index (χ3n) is 4.16. The zero-order valence-electron chi connectivity index (χ0n) is 14.8. The molecule has 0 fully saturated rings. The monoisotopic (exact) mass is 474 g/mol. The second kappa shape index (κ2) is 7.28. The van der Waals surface area contributed by atoms with Crippen LogP contribution < -0.4 is 17.3 Å². The van der Waals surface area contributed by atoms with Crippen LogP contribution in [0.25, 0.3) is 0 Å². The van der Waals surface area contributed by atoms with E-state index in [0.29, 0.717) is 5.56 Å². The maximum absolute atomic E-state index is 11.4. The third-order valence-corrected chi connectivity index (χ3v) is 6.23. The molecule has 0 saturated carbocycles. The normalized spacial score (nSPS) is 20.0. The summed E-state index contributed by atoms with van der Waals surface area (Å²) < 4.78 is 63.4. The summed E-state index contributed by atoms with van der Waals surface area (Å²) in [6.45, 7) is 0. The Morgan fingerprint density at radius 1 is 1.00 bits per heavy atom. The van der Waals surface area contributed by atoms with E-state index in [1.165, 1.54) is 18.2 Å². The summed E-state index contributed by atoms with van der Waals surface area (Å²) in [5.41, 5.74) is 12.1. The first kappa shape index (κ1) is 22.1. The molecule has 2 aromatic rings. The molecule has 2 aromatic carbocycles. The van der Waals surface area contributed by atoms with Gasteiger partial charge in [-0.15, -0.1) is 0 Å². The molecule has 0 bridgehead atoms. The maximum Gasteiger partial charge on any atom is 0.296 e. The van der Waals surface area contributed by atoms with Gasteiger partial charge in [-0.3, -0.25) is 14.8 Å². The van der Waals surface area contributed by atoms with Gasteiger partial charge in [0.1, 0.15) is 4.90 Å². The first-order valence-corrected chi connectivity index (χ1v) is 11.1. The molecule has 1 unspecified atom stereocenters. The Balaban J connectivity index is 2.11. The smallest absolute Gasteiger partial charge is 0.296 e. The molecule has 0 radical (unpaired) electrons. The summed E-state index contributed by atoms with van der Waals surface area (Å²) in [7, 11) is -8.96. The van der Waals surface area contributed by atoms with Crippen molar-refractivity contribution in [3.8, 4) is 0 Å². The molecule has 0 saturated heterocycles. The van der Waals surface area contributed by atoms with Crippen molar-refractivity contribution < 1.29 is 25.9 Å². The number of amidine groups is 2. The highest BCUT2D eigenvalue weighted by molar-refractivity contribution is 7.86. The van der Waals surface area contributed by atoms with Crippen LogP contribution in [0, 0.1) is 0 Å². The van der Waals surface area contributed by atoms with Crippen molar-refractivity contribution in [3.63, 3.8) is 0 Å². The van der Waals surface area contributed by atoms with Gasteiger partial charge >= 0.3 is 0 Å². The standard InChI is InChI=1S/C15H15ClN6O6S2/c16-14-20-13(8-1-4-10(5-2-8)29(23,24)25)21-15(18,22(14)19)9-3-6-12(11(17)7-9)30(26,27)28/h1-7H,17-19H2,(H,23,24,25)(H,26,27,28). The second-order valence-corrected chi connectivity index (χ2v) is 9.29. The van der Waals surface area contributed by atoms with E-state index in [0.717, 1.165) is 29.3 Å². The van der Waals surface area contributed by atoms with Crippen LogP contribution in [0.2, 0.25) is 0 Å². The van der Waals surface area contributed by atoms with Gasteiger partial charge in [0.05, 0.1) is 10.6 Å². The molecule has 30 heavy (non-hydrogen) atoms. The van der Waals surface area contributed by atoms with Crippen molar-refractivity contribution in [2.24, 2.45) is 21.6 Å². The van der Waals surface area contributed by atoms with E-state index in [-0.39, 0.29) is 27.3 Å². The first-order chi connectivity index (χ1) is 13.7. The summed E-state index contributed by atoms with van der Waals surface area (Å²) in [4.78, 5) is 7.38. The molecule has 0 spiro atoms. The van der Waals surface area contributed by atoms with Crippen LogP contribution in [-0.4, -0.2) is 42.1 Å². The Labute approximate surface area is 176 Å². The highest BCUT2D eigenvalue weighted by atomic mass is 35.5. The second-order valence-electron chi connectivity index (χ2n) is 6.14. The fourth-order valence-electron chi connectivity index (χ4n) is 2.64.